The molecule has 0 bridgehead atoms. The predicted octanol–water partition coefficient (Wildman–Crippen LogP) is 6.11. The van der Waals surface area contributed by atoms with Crippen molar-refractivity contribution in [3.63, 3.8) is 0 Å². The van der Waals surface area contributed by atoms with Crippen LogP contribution in [-0.4, -0.2) is 22.7 Å². The summed E-state index contributed by atoms with van der Waals surface area (Å²) in [5.41, 5.74) is 5.65. The molecule has 0 saturated heterocycles. The fraction of sp³-hybridized carbons (Fsp3) is 0.185. The van der Waals surface area contributed by atoms with Gasteiger partial charge in [0, 0.05) is 16.7 Å². The second-order valence-electron chi connectivity index (χ2n) is 7.99. The molecule has 0 fully saturated rings. The van der Waals surface area contributed by atoms with Gasteiger partial charge in [0.2, 0.25) is 0 Å². The highest BCUT2D eigenvalue weighted by Gasteiger charge is 2.15. The van der Waals surface area contributed by atoms with Gasteiger partial charge in [0.15, 0.2) is 0 Å². The third-order valence-electron chi connectivity index (χ3n) is 5.03. The highest BCUT2D eigenvalue weighted by atomic mass is 16.5. The number of carbonyl (C=O) groups is 1. The Hall–Kier alpha value is -3.66. The third kappa shape index (κ3) is 4.92. The average Bonchev–Trinajstić information content (AvgIpc) is 3.23. The first-order valence-electron chi connectivity index (χ1n) is 10.5. The van der Waals surface area contributed by atoms with Gasteiger partial charge in [0.25, 0.3) is 0 Å². The van der Waals surface area contributed by atoms with Crippen LogP contribution < -0.4 is 4.74 Å². The van der Waals surface area contributed by atoms with Crippen molar-refractivity contribution < 1.29 is 9.53 Å². The van der Waals surface area contributed by atoms with Crippen LogP contribution in [0.2, 0.25) is 0 Å². The van der Waals surface area contributed by atoms with Crippen molar-refractivity contribution in [3.8, 4) is 28.3 Å². The molecule has 4 aromatic rings. The Bertz CT molecular complexity index is 1150. The number of rotatable bonds is 8. The van der Waals surface area contributed by atoms with Crippen LogP contribution in [0.1, 0.15) is 29.8 Å². The molecule has 0 amide bonds. The van der Waals surface area contributed by atoms with Crippen LogP contribution in [-0.2, 0) is 6.54 Å². The Labute approximate surface area is 183 Å². The van der Waals surface area contributed by atoms with Gasteiger partial charge in [0.05, 0.1) is 24.5 Å². The summed E-state index contributed by atoms with van der Waals surface area (Å²) in [5, 5.41) is 4.92. The van der Waals surface area contributed by atoms with E-state index in [0.29, 0.717) is 24.6 Å². The van der Waals surface area contributed by atoms with Crippen LogP contribution in [0.4, 0.5) is 0 Å². The van der Waals surface area contributed by atoms with Crippen molar-refractivity contribution in [1.82, 2.24) is 9.78 Å². The van der Waals surface area contributed by atoms with Crippen molar-refractivity contribution in [3.05, 3.63) is 96.1 Å². The van der Waals surface area contributed by atoms with E-state index in [4.69, 9.17) is 9.84 Å². The summed E-state index contributed by atoms with van der Waals surface area (Å²) in [5.74, 6) is 1.20. The van der Waals surface area contributed by atoms with Crippen LogP contribution >= 0.6 is 0 Å². The topological polar surface area (TPSA) is 44.1 Å². The molecule has 4 rings (SSSR count). The van der Waals surface area contributed by atoms with Crippen LogP contribution in [0.25, 0.3) is 22.5 Å². The van der Waals surface area contributed by atoms with Crippen molar-refractivity contribution in [2.75, 3.05) is 6.61 Å². The average molecular weight is 411 g/mol. The molecule has 0 radical (unpaired) electrons. The Kier molecular flexibility index (Phi) is 6.27. The highest BCUT2D eigenvalue weighted by molar-refractivity contribution is 5.75. The first-order valence-corrected chi connectivity index (χ1v) is 10.5. The molecule has 0 spiro atoms. The number of aromatic nitrogens is 2. The zero-order valence-corrected chi connectivity index (χ0v) is 17.9. The molecule has 3 aromatic carbocycles. The molecule has 0 aliphatic heterocycles. The van der Waals surface area contributed by atoms with Crippen molar-refractivity contribution in [2.45, 2.75) is 20.4 Å². The minimum atomic E-state index is 0.410. The molecule has 156 valence electrons. The molecule has 0 aliphatic rings. The molecule has 4 heteroatoms. The van der Waals surface area contributed by atoms with E-state index in [9.17, 15) is 4.79 Å². The quantitative estimate of drug-likeness (QED) is 0.329. The molecule has 0 saturated carbocycles. The second kappa shape index (κ2) is 9.43. The van der Waals surface area contributed by atoms with Gasteiger partial charge in [-0.05, 0) is 35.7 Å². The lowest BCUT2D eigenvalue weighted by atomic mass is 10.1. The maximum absolute atomic E-state index is 11.4. The van der Waals surface area contributed by atoms with Gasteiger partial charge in [-0.2, -0.15) is 5.10 Å². The summed E-state index contributed by atoms with van der Waals surface area (Å²) in [6, 6.07) is 28.1. The first kappa shape index (κ1) is 20.6. The van der Waals surface area contributed by atoms with Crippen molar-refractivity contribution in [2.24, 2.45) is 5.92 Å². The van der Waals surface area contributed by atoms with E-state index in [1.165, 1.54) is 0 Å². The van der Waals surface area contributed by atoms with Gasteiger partial charge in [-0.25, -0.2) is 0 Å². The monoisotopic (exact) mass is 410 g/mol. The Morgan fingerprint density at radius 2 is 1.58 bits per heavy atom. The van der Waals surface area contributed by atoms with E-state index < -0.39 is 0 Å². The maximum atomic E-state index is 11.4. The molecule has 0 N–H and O–H groups in total. The van der Waals surface area contributed by atoms with Gasteiger partial charge in [-0.3, -0.25) is 9.48 Å². The number of benzene rings is 3. The zero-order valence-electron chi connectivity index (χ0n) is 17.9. The first-order chi connectivity index (χ1) is 15.1. The van der Waals surface area contributed by atoms with E-state index in [0.717, 1.165) is 40.1 Å². The van der Waals surface area contributed by atoms with Gasteiger partial charge < -0.3 is 4.74 Å². The summed E-state index contributed by atoms with van der Waals surface area (Å²) in [7, 11) is 0. The van der Waals surface area contributed by atoms with Crippen LogP contribution in [0.15, 0.2) is 84.9 Å². The number of hydrogen-bond donors (Lipinski definition) is 0. The number of hydrogen-bond acceptors (Lipinski definition) is 3. The normalized spacial score (nSPS) is 10.9. The van der Waals surface area contributed by atoms with E-state index in [2.05, 4.69) is 44.2 Å². The highest BCUT2D eigenvalue weighted by Crippen LogP contribution is 2.29. The minimum absolute atomic E-state index is 0.410. The fourth-order valence-corrected chi connectivity index (χ4v) is 3.48. The lowest BCUT2D eigenvalue weighted by molar-refractivity contribution is 0.112. The fourth-order valence-electron chi connectivity index (χ4n) is 3.48. The molecule has 0 aliphatic carbocycles. The molecular weight excluding hydrogens is 384 g/mol. The van der Waals surface area contributed by atoms with E-state index >= 15 is 0 Å². The summed E-state index contributed by atoms with van der Waals surface area (Å²) in [6.45, 7) is 5.36. The SMILES string of the molecule is CC(C)COc1ccc(C=O)cc1Cn1nc(-c2ccccc2)cc1-c1ccccc1. The zero-order chi connectivity index (χ0) is 21.6. The third-order valence-corrected chi connectivity index (χ3v) is 5.03. The number of aldehydes is 1. The lowest BCUT2D eigenvalue weighted by Crippen LogP contribution is -2.10. The van der Waals surface area contributed by atoms with Gasteiger partial charge in [-0.15, -0.1) is 0 Å². The minimum Gasteiger partial charge on any atom is -0.493 e. The number of carbonyl (C=O) groups excluding carboxylic acids is 1. The number of nitrogens with zero attached hydrogens (tertiary/aromatic N) is 2. The molecule has 0 unspecified atom stereocenters. The lowest BCUT2D eigenvalue weighted by Gasteiger charge is -2.15. The molecule has 1 aromatic heterocycles. The van der Waals surface area contributed by atoms with Crippen LogP contribution in [0.3, 0.4) is 0 Å². The molecular formula is C27H26N2O2. The molecule has 0 atom stereocenters. The van der Waals surface area contributed by atoms with Crippen molar-refractivity contribution >= 4 is 6.29 Å². The molecule has 4 nitrogen and oxygen atoms in total. The molecule has 1 heterocycles. The summed E-state index contributed by atoms with van der Waals surface area (Å²) < 4.78 is 8.04. The van der Waals surface area contributed by atoms with Crippen LogP contribution in [0, 0.1) is 5.92 Å². The van der Waals surface area contributed by atoms with E-state index in [-0.39, 0.29) is 0 Å². The van der Waals surface area contributed by atoms with Gasteiger partial charge in [-0.1, -0.05) is 74.5 Å². The van der Waals surface area contributed by atoms with E-state index in [1.807, 2.05) is 53.2 Å². The summed E-state index contributed by atoms with van der Waals surface area (Å²) in [6.07, 6.45) is 0.867. The summed E-state index contributed by atoms with van der Waals surface area (Å²) >= 11 is 0. The predicted molar refractivity (Wildman–Crippen MR) is 124 cm³/mol. The second-order valence-corrected chi connectivity index (χ2v) is 7.99. The maximum Gasteiger partial charge on any atom is 0.150 e. The Morgan fingerprint density at radius 1 is 0.903 bits per heavy atom. The standard InChI is InChI=1S/C27H26N2O2/c1-20(2)19-31-27-14-13-21(18-30)15-24(27)17-29-26(23-11-7-4-8-12-23)16-25(28-29)22-9-5-3-6-10-22/h3-16,18,20H,17,19H2,1-2H3. The Balaban J connectivity index is 1.77. The van der Waals surface area contributed by atoms with Crippen LogP contribution in [0.5, 0.6) is 5.75 Å². The largest absolute Gasteiger partial charge is 0.493 e. The molecule has 31 heavy (non-hydrogen) atoms. The smallest absolute Gasteiger partial charge is 0.150 e. The number of ether oxygens (including phenoxy) is 1. The van der Waals surface area contributed by atoms with Crippen molar-refractivity contribution in [1.29, 1.82) is 0 Å². The van der Waals surface area contributed by atoms with Gasteiger partial charge in [0.1, 0.15) is 12.0 Å². The van der Waals surface area contributed by atoms with Gasteiger partial charge >= 0.3 is 0 Å². The Morgan fingerprint density at radius 3 is 2.23 bits per heavy atom. The summed E-state index contributed by atoms with van der Waals surface area (Å²) in [4.78, 5) is 11.4. The van der Waals surface area contributed by atoms with E-state index in [1.54, 1.807) is 6.07 Å².